The quantitative estimate of drug-likeness (QED) is 0.248. The molecule has 0 unspecified atom stereocenters. The second-order valence-electron chi connectivity index (χ2n) is 0.671. The molecule has 15 heavy (non-hydrogen) atoms. The van der Waals surface area contributed by atoms with Gasteiger partial charge in [-0.25, -0.2) is 0 Å². The first-order chi connectivity index (χ1) is 5.20. The fraction of sp³-hybridized carbons (Fsp3) is 0. The van der Waals surface area contributed by atoms with Crippen molar-refractivity contribution >= 4 is 0 Å². The molecule has 15 heteroatoms. The van der Waals surface area contributed by atoms with E-state index < -0.39 is 15.3 Å². The molecule has 0 atom stereocenters. The van der Waals surface area contributed by atoms with Crippen LogP contribution in [0.4, 0.5) is 0 Å². The van der Waals surface area contributed by atoms with Crippen molar-refractivity contribution in [1.29, 1.82) is 0 Å². The Bertz CT molecular complexity index is 120. The van der Waals surface area contributed by atoms with Crippen molar-refractivity contribution in [1.82, 2.24) is 6.15 Å². The second-order valence-corrected chi connectivity index (χ2v) is 0.671. The molecule has 80 valence electrons. The Hall–Kier alpha value is 0.196. The van der Waals surface area contributed by atoms with Gasteiger partial charge in [0.2, 0.25) is 0 Å². The number of rotatable bonds is 0. The Kier molecular flexibility index (Phi) is 70.6. The van der Waals surface area contributed by atoms with Crippen LogP contribution in [0.25, 0.3) is 0 Å². The van der Waals surface area contributed by atoms with Crippen molar-refractivity contribution in [3.05, 3.63) is 46.0 Å². The van der Waals surface area contributed by atoms with Gasteiger partial charge in [0.05, 0.1) is 15.3 Å². The van der Waals surface area contributed by atoms with Crippen LogP contribution in [-0.4, -0.2) is 15.3 Å². The summed E-state index contributed by atoms with van der Waals surface area (Å²) in [6, 6.07) is 0. The van der Waals surface area contributed by atoms with E-state index in [-0.39, 0.29) is 87.1 Å². The molecule has 0 amide bonds. The number of hydrogen-bond donors (Lipinski definition) is 1. The van der Waals surface area contributed by atoms with E-state index >= 15 is 0 Å². The van der Waals surface area contributed by atoms with Crippen molar-refractivity contribution in [3.63, 3.8) is 0 Å². The Balaban J connectivity index is -0.0000000184. The fourth-order valence-electron chi connectivity index (χ4n) is 0. The van der Waals surface area contributed by atoms with Gasteiger partial charge in [-0.3, -0.25) is 0 Å². The van der Waals surface area contributed by atoms with Gasteiger partial charge in [-0.15, -0.1) is 0 Å². The summed E-state index contributed by atoms with van der Waals surface area (Å²) in [5.41, 5.74) is 0. The van der Waals surface area contributed by atoms with Crippen LogP contribution < -0.4 is 87.1 Å². The minimum atomic E-state index is -1.75. The minimum Gasteiger partial charge on any atom is -0.369 e. The first-order valence-corrected chi connectivity index (χ1v) is 1.64. The van der Waals surface area contributed by atoms with Crippen LogP contribution in [0.1, 0.15) is 0 Å². The first-order valence-electron chi connectivity index (χ1n) is 1.64. The molecular weight excluding hydrogens is 262 g/mol. The molecular formula is H4KN4NaO9. The largest absolute Gasteiger partial charge is 1.00 e. The molecule has 0 aromatic carbocycles. The van der Waals surface area contributed by atoms with Crippen molar-refractivity contribution in [3.8, 4) is 0 Å². The average molecular weight is 266 g/mol. The summed E-state index contributed by atoms with van der Waals surface area (Å²) in [6.07, 6.45) is 0. The zero-order chi connectivity index (χ0) is 10.7. The van der Waals surface area contributed by atoms with E-state index in [0.29, 0.717) is 0 Å². The molecule has 0 saturated heterocycles. The van der Waals surface area contributed by atoms with Crippen LogP contribution in [0.15, 0.2) is 0 Å². The molecule has 0 aliphatic heterocycles. The van der Waals surface area contributed by atoms with Crippen molar-refractivity contribution in [2.24, 2.45) is 0 Å². The van der Waals surface area contributed by atoms with Crippen LogP contribution in [0.3, 0.4) is 0 Å². The molecule has 0 aliphatic carbocycles. The predicted molar refractivity (Wildman–Crippen MR) is 37.1 cm³/mol. The molecule has 0 aromatic heterocycles. The Morgan fingerprint density at radius 3 is 0.600 bits per heavy atom. The van der Waals surface area contributed by atoms with Gasteiger partial charge in [0.1, 0.15) is 0 Å². The van der Waals surface area contributed by atoms with Crippen molar-refractivity contribution in [2.75, 3.05) is 0 Å². The van der Waals surface area contributed by atoms with Gasteiger partial charge < -0.3 is 52.1 Å². The van der Waals surface area contributed by atoms with Crippen LogP contribution >= 0.6 is 0 Å². The third kappa shape index (κ3) is 54800. The van der Waals surface area contributed by atoms with Crippen LogP contribution in [0.2, 0.25) is 0 Å². The van der Waals surface area contributed by atoms with Gasteiger partial charge in [0.15, 0.2) is 0 Å². The maximum Gasteiger partial charge on any atom is 1.00 e. The molecule has 0 bridgehead atoms. The van der Waals surface area contributed by atoms with Crippen molar-refractivity contribution < 1.29 is 96.2 Å². The Morgan fingerprint density at radius 1 is 0.600 bits per heavy atom. The summed E-state index contributed by atoms with van der Waals surface area (Å²) < 4.78 is 0. The van der Waals surface area contributed by atoms with Crippen molar-refractivity contribution in [2.45, 2.75) is 0 Å². The predicted octanol–water partition coefficient (Wildman–Crippen LogP) is -6.33. The van der Waals surface area contributed by atoms with Gasteiger partial charge in [-0.1, -0.05) is 0 Å². The van der Waals surface area contributed by atoms with E-state index in [4.69, 9.17) is 46.0 Å². The maximum absolute atomic E-state index is 8.25. The van der Waals surface area contributed by atoms with Crippen LogP contribution in [0, 0.1) is 46.0 Å². The van der Waals surface area contributed by atoms with E-state index in [0.717, 1.165) is 0 Å². The molecule has 13 nitrogen and oxygen atoms in total. The maximum atomic E-state index is 8.25. The fourth-order valence-corrected chi connectivity index (χ4v) is 0. The van der Waals surface area contributed by atoms with E-state index in [2.05, 4.69) is 0 Å². The minimum absolute atomic E-state index is 0. The number of nitrogens with zero attached hydrogens (tertiary/aromatic N) is 3. The van der Waals surface area contributed by atoms with E-state index in [1.165, 1.54) is 0 Å². The summed E-state index contributed by atoms with van der Waals surface area (Å²) >= 11 is 0. The number of hydrogen-bond acceptors (Lipinski definition) is 9. The van der Waals surface area contributed by atoms with Gasteiger partial charge in [0.25, 0.3) is 0 Å². The molecule has 0 aliphatic rings. The Labute approximate surface area is 146 Å². The molecule has 4 N–H and O–H groups in total. The number of quaternary nitrogens is 1. The van der Waals surface area contributed by atoms with Gasteiger partial charge in [-0.2, -0.15) is 0 Å². The van der Waals surface area contributed by atoms with Crippen LogP contribution in [0.5, 0.6) is 0 Å². The molecule has 0 heterocycles. The van der Waals surface area contributed by atoms with Gasteiger partial charge in [0, 0.05) is 0 Å². The second kappa shape index (κ2) is 29.2. The van der Waals surface area contributed by atoms with Crippen LogP contribution in [-0.2, 0) is 0 Å². The molecule has 0 saturated carbocycles. The summed E-state index contributed by atoms with van der Waals surface area (Å²) in [5.74, 6) is 0. The summed E-state index contributed by atoms with van der Waals surface area (Å²) in [7, 11) is 0. The van der Waals surface area contributed by atoms with Gasteiger partial charge >= 0.3 is 80.9 Å². The molecule has 0 rings (SSSR count). The standard InChI is InChI=1S/K.3NO3.H3N.Na/c;3*2-1(3)4;;/h;;;;1H3;/q+1;3*-1;;+1/p+1. The van der Waals surface area contributed by atoms with E-state index in [1.807, 2.05) is 0 Å². The third-order valence-corrected chi connectivity index (χ3v) is 0. The Morgan fingerprint density at radius 2 is 0.600 bits per heavy atom. The monoisotopic (exact) mass is 266 g/mol. The zero-order valence-electron chi connectivity index (χ0n) is 8.02. The smallest absolute Gasteiger partial charge is 0.369 e. The van der Waals surface area contributed by atoms with Gasteiger partial charge in [-0.05, 0) is 0 Å². The summed E-state index contributed by atoms with van der Waals surface area (Å²) in [5, 5.41) is 44.2. The normalized spacial score (nSPS) is 4.80. The molecule has 0 spiro atoms. The first kappa shape index (κ1) is 36.2. The summed E-state index contributed by atoms with van der Waals surface area (Å²) in [6.45, 7) is 0. The topological polar surface area (TPSA) is 235 Å². The third-order valence-electron chi connectivity index (χ3n) is 0. The van der Waals surface area contributed by atoms with E-state index in [9.17, 15) is 0 Å². The summed E-state index contributed by atoms with van der Waals surface area (Å²) in [4.78, 5) is 24.8. The average Bonchev–Trinajstić information content (AvgIpc) is 1.54. The molecule has 0 radical (unpaired) electrons. The zero-order valence-corrected chi connectivity index (χ0v) is 13.1. The molecule has 0 fully saturated rings. The van der Waals surface area contributed by atoms with E-state index in [1.54, 1.807) is 0 Å². The molecule has 0 aromatic rings. The SMILES string of the molecule is O=[N+]([O-])[O-].O=[N+]([O-])[O-].O=[N+]([O-])[O-].[K+].[NH4+].[Na+].